The van der Waals surface area contributed by atoms with Crippen molar-refractivity contribution < 1.29 is 14.3 Å². The number of hydrogen-bond donors (Lipinski definition) is 1. The summed E-state index contributed by atoms with van der Waals surface area (Å²) >= 11 is 0. The van der Waals surface area contributed by atoms with E-state index in [0.717, 1.165) is 18.0 Å². The van der Waals surface area contributed by atoms with Crippen LogP contribution in [0.1, 0.15) is 32.1 Å². The first-order valence-corrected chi connectivity index (χ1v) is 10.2. The highest BCUT2D eigenvalue weighted by molar-refractivity contribution is 5.92. The summed E-state index contributed by atoms with van der Waals surface area (Å²) in [6, 6.07) is 16.5. The number of nitrogens with zero attached hydrogens (tertiary/aromatic N) is 2. The Bertz CT molecular complexity index is 880. The van der Waals surface area contributed by atoms with Crippen LogP contribution in [0.25, 0.3) is 0 Å². The normalized spacial score (nSPS) is 22.7. The molecule has 0 saturated heterocycles. The summed E-state index contributed by atoms with van der Waals surface area (Å²) in [6.45, 7) is -0.255. The van der Waals surface area contributed by atoms with Crippen molar-refractivity contribution in [3.63, 3.8) is 0 Å². The van der Waals surface area contributed by atoms with Crippen LogP contribution in [0.15, 0.2) is 64.8 Å². The van der Waals surface area contributed by atoms with E-state index in [1.165, 1.54) is 19.3 Å². The molecule has 1 N–H and O–H groups in total. The van der Waals surface area contributed by atoms with E-state index in [-0.39, 0.29) is 18.5 Å². The summed E-state index contributed by atoms with van der Waals surface area (Å²) in [4.78, 5) is 24.1. The van der Waals surface area contributed by atoms with E-state index in [0.29, 0.717) is 29.6 Å². The summed E-state index contributed by atoms with van der Waals surface area (Å²) in [5.74, 6) is 1.32. The molecule has 2 aromatic rings. The van der Waals surface area contributed by atoms with Crippen LogP contribution in [0, 0.1) is 17.8 Å². The Morgan fingerprint density at radius 3 is 2.31 bits per heavy atom. The number of anilines is 1. The Morgan fingerprint density at radius 1 is 0.931 bits per heavy atom. The standard InChI is InChI=1S/C23H25N3O3/c27-22(15-29-23(28)14-18-13-16-6-7-17(18)12-16)24-19-8-10-21(11-9-19)26-25-20-4-2-1-3-5-20/h1-5,8-11,16-18H,6-7,12-15H2,(H,24,27)/t16-,17-,18+/m1/s1. The van der Waals surface area contributed by atoms with Crippen molar-refractivity contribution in [1.82, 2.24) is 0 Å². The molecule has 4 rings (SSSR count). The van der Waals surface area contributed by atoms with Crippen molar-refractivity contribution in [2.75, 3.05) is 11.9 Å². The molecule has 2 aliphatic carbocycles. The van der Waals surface area contributed by atoms with Gasteiger partial charge in [0.25, 0.3) is 5.91 Å². The van der Waals surface area contributed by atoms with Crippen LogP contribution in [0.4, 0.5) is 17.1 Å². The molecule has 6 heteroatoms. The van der Waals surface area contributed by atoms with Crippen molar-refractivity contribution in [2.45, 2.75) is 32.1 Å². The molecule has 0 aliphatic heterocycles. The maximum Gasteiger partial charge on any atom is 0.306 e. The number of esters is 1. The van der Waals surface area contributed by atoms with Gasteiger partial charge in [-0.3, -0.25) is 9.59 Å². The first-order valence-electron chi connectivity index (χ1n) is 10.2. The van der Waals surface area contributed by atoms with Gasteiger partial charge in [-0.15, -0.1) is 0 Å². The van der Waals surface area contributed by atoms with Crippen molar-refractivity contribution in [3.8, 4) is 0 Å². The molecule has 2 aliphatic rings. The molecule has 2 saturated carbocycles. The quantitative estimate of drug-likeness (QED) is 0.506. The number of carbonyl (C=O) groups is 2. The molecule has 150 valence electrons. The number of rotatable bonds is 7. The second-order valence-corrected chi connectivity index (χ2v) is 7.93. The number of azo groups is 1. The predicted molar refractivity (Wildman–Crippen MR) is 110 cm³/mol. The lowest BCUT2D eigenvalue weighted by Crippen LogP contribution is -2.23. The van der Waals surface area contributed by atoms with E-state index < -0.39 is 0 Å². The molecule has 1 amide bonds. The van der Waals surface area contributed by atoms with Gasteiger partial charge in [0.2, 0.25) is 0 Å². The largest absolute Gasteiger partial charge is 0.456 e. The van der Waals surface area contributed by atoms with E-state index in [1.54, 1.807) is 24.3 Å². The van der Waals surface area contributed by atoms with Crippen LogP contribution >= 0.6 is 0 Å². The molecular formula is C23H25N3O3. The predicted octanol–water partition coefficient (Wildman–Crippen LogP) is 5.41. The van der Waals surface area contributed by atoms with Gasteiger partial charge in [0.15, 0.2) is 6.61 Å². The summed E-state index contributed by atoms with van der Waals surface area (Å²) in [6.07, 6.45) is 5.39. The van der Waals surface area contributed by atoms with Crippen LogP contribution < -0.4 is 5.32 Å². The second kappa shape index (κ2) is 8.99. The van der Waals surface area contributed by atoms with Crippen molar-refractivity contribution in [3.05, 3.63) is 54.6 Å². The fraction of sp³-hybridized carbons (Fsp3) is 0.391. The number of nitrogens with one attached hydrogen (secondary N) is 1. The van der Waals surface area contributed by atoms with Crippen LogP contribution in [0.3, 0.4) is 0 Å². The van der Waals surface area contributed by atoms with Gasteiger partial charge >= 0.3 is 5.97 Å². The maximum atomic E-state index is 12.0. The molecule has 29 heavy (non-hydrogen) atoms. The number of fused-ring (bicyclic) bond motifs is 2. The van der Waals surface area contributed by atoms with Gasteiger partial charge in [0, 0.05) is 12.1 Å². The van der Waals surface area contributed by atoms with Crippen LogP contribution in [-0.2, 0) is 14.3 Å². The molecule has 0 unspecified atom stereocenters. The molecule has 0 spiro atoms. The number of benzene rings is 2. The van der Waals surface area contributed by atoms with Crippen LogP contribution in [0.2, 0.25) is 0 Å². The highest BCUT2D eigenvalue weighted by atomic mass is 16.5. The van der Waals surface area contributed by atoms with E-state index >= 15 is 0 Å². The first-order chi connectivity index (χ1) is 14.2. The molecule has 2 bridgehead atoms. The zero-order valence-electron chi connectivity index (χ0n) is 16.3. The van der Waals surface area contributed by atoms with Crippen molar-refractivity contribution in [2.24, 2.45) is 28.0 Å². The van der Waals surface area contributed by atoms with Crippen molar-refractivity contribution >= 4 is 28.9 Å². The number of amides is 1. The summed E-state index contributed by atoms with van der Waals surface area (Å²) in [5, 5.41) is 11.0. The molecule has 0 heterocycles. The Kier molecular flexibility index (Phi) is 5.98. The van der Waals surface area contributed by atoms with Gasteiger partial charge in [-0.05, 0) is 73.4 Å². The first kappa shape index (κ1) is 19.3. The molecule has 2 aromatic carbocycles. The summed E-state index contributed by atoms with van der Waals surface area (Å²) in [5.41, 5.74) is 2.08. The van der Waals surface area contributed by atoms with Gasteiger partial charge < -0.3 is 10.1 Å². The van der Waals surface area contributed by atoms with E-state index in [1.807, 2.05) is 30.3 Å². The lowest BCUT2D eigenvalue weighted by atomic mass is 9.86. The van der Waals surface area contributed by atoms with E-state index in [9.17, 15) is 9.59 Å². The zero-order chi connectivity index (χ0) is 20.1. The minimum atomic E-state index is -0.343. The third kappa shape index (κ3) is 5.28. The van der Waals surface area contributed by atoms with Gasteiger partial charge in [-0.1, -0.05) is 24.6 Å². The average molecular weight is 391 g/mol. The highest BCUT2D eigenvalue weighted by Gasteiger charge is 2.40. The van der Waals surface area contributed by atoms with E-state index in [2.05, 4.69) is 15.5 Å². The fourth-order valence-corrected chi connectivity index (χ4v) is 4.46. The Morgan fingerprint density at radius 2 is 1.66 bits per heavy atom. The second-order valence-electron chi connectivity index (χ2n) is 7.93. The van der Waals surface area contributed by atoms with Gasteiger partial charge in [-0.25, -0.2) is 0 Å². The Hall–Kier alpha value is -3.02. The van der Waals surface area contributed by atoms with Gasteiger partial charge in [0.05, 0.1) is 11.4 Å². The molecule has 2 fully saturated rings. The Labute approximate surface area is 170 Å². The van der Waals surface area contributed by atoms with Crippen LogP contribution in [0.5, 0.6) is 0 Å². The lowest BCUT2D eigenvalue weighted by Gasteiger charge is -2.20. The minimum Gasteiger partial charge on any atom is -0.456 e. The smallest absolute Gasteiger partial charge is 0.306 e. The number of hydrogen-bond acceptors (Lipinski definition) is 5. The number of carbonyl (C=O) groups excluding carboxylic acids is 2. The zero-order valence-corrected chi connectivity index (χ0v) is 16.3. The van der Waals surface area contributed by atoms with Crippen molar-refractivity contribution in [1.29, 1.82) is 0 Å². The fourth-order valence-electron chi connectivity index (χ4n) is 4.46. The lowest BCUT2D eigenvalue weighted by molar-refractivity contribution is -0.148. The molecule has 0 aromatic heterocycles. The monoisotopic (exact) mass is 391 g/mol. The van der Waals surface area contributed by atoms with Gasteiger partial charge in [0.1, 0.15) is 0 Å². The van der Waals surface area contributed by atoms with Gasteiger partial charge in [-0.2, -0.15) is 10.2 Å². The molecule has 3 atom stereocenters. The SMILES string of the molecule is O=C(COC(=O)C[C@@H]1C[C@@H]2CC[C@@H]1C2)Nc1ccc(N=Nc2ccccc2)cc1. The topological polar surface area (TPSA) is 80.1 Å². The Balaban J connectivity index is 1.20. The van der Waals surface area contributed by atoms with Crippen LogP contribution in [-0.4, -0.2) is 18.5 Å². The molecular weight excluding hydrogens is 366 g/mol. The molecule has 0 radical (unpaired) electrons. The number of ether oxygens (including phenoxy) is 1. The summed E-state index contributed by atoms with van der Waals surface area (Å²) < 4.78 is 5.17. The van der Waals surface area contributed by atoms with E-state index in [4.69, 9.17) is 4.74 Å². The third-order valence-corrected chi connectivity index (χ3v) is 5.87. The third-order valence-electron chi connectivity index (χ3n) is 5.87. The molecule has 6 nitrogen and oxygen atoms in total. The maximum absolute atomic E-state index is 12.0. The summed E-state index contributed by atoms with van der Waals surface area (Å²) in [7, 11) is 0. The highest BCUT2D eigenvalue weighted by Crippen LogP contribution is 2.49. The minimum absolute atomic E-state index is 0.255. The average Bonchev–Trinajstić information content (AvgIpc) is 3.36.